The van der Waals surface area contributed by atoms with Crippen molar-refractivity contribution in [2.24, 2.45) is 11.8 Å². The van der Waals surface area contributed by atoms with E-state index in [-0.39, 0.29) is 18.7 Å². The average molecular weight is 468 g/mol. The molecule has 8 heteroatoms. The van der Waals surface area contributed by atoms with Gasteiger partial charge < -0.3 is 19.3 Å². The minimum absolute atomic E-state index is 0.0287. The lowest BCUT2D eigenvalue weighted by atomic mass is 9.85. The van der Waals surface area contributed by atoms with Crippen LogP contribution in [0.5, 0.6) is 0 Å². The van der Waals surface area contributed by atoms with Gasteiger partial charge >= 0.3 is 12.1 Å². The van der Waals surface area contributed by atoms with Crippen molar-refractivity contribution >= 4 is 19.4 Å². The Morgan fingerprint density at radius 2 is 1.81 bits per heavy atom. The number of benzene rings is 1. The van der Waals surface area contributed by atoms with E-state index in [0.717, 1.165) is 24.3 Å². The molecule has 1 aromatic carbocycles. The Morgan fingerprint density at radius 3 is 2.44 bits per heavy atom. The molecule has 0 bridgehead atoms. The molecule has 0 heterocycles. The molecule has 0 aliphatic heterocycles. The van der Waals surface area contributed by atoms with Crippen molar-refractivity contribution < 1.29 is 28.2 Å². The van der Waals surface area contributed by atoms with Crippen LogP contribution in [0.15, 0.2) is 30.3 Å². The van der Waals surface area contributed by atoms with Crippen molar-refractivity contribution in [2.75, 3.05) is 20.4 Å². The molecule has 3 unspecified atom stereocenters. The van der Waals surface area contributed by atoms with E-state index in [9.17, 15) is 14.2 Å². The second-order valence-electron chi connectivity index (χ2n) is 8.63. The van der Waals surface area contributed by atoms with E-state index < -0.39 is 25.2 Å². The number of hydrogen-bond acceptors (Lipinski definition) is 6. The number of alkyl carbamates (subject to hydrolysis) is 1. The molecule has 7 nitrogen and oxygen atoms in total. The Balaban J connectivity index is 1.89. The molecule has 3 atom stereocenters. The molecule has 1 amide bonds. The van der Waals surface area contributed by atoms with Crippen LogP contribution in [0, 0.1) is 11.8 Å². The fraction of sp³-hybridized carbons (Fsp3) is 0.667. The van der Waals surface area contributed by atoms with E-state index in [1.165, 1.54) is 46.3 Å². The van der Waals surface area contributed by atoms with Crippen LogP contribution in [0.4, 0.5) is 4.79 Å². The van der Waals surface area contributed by atoms with E-state index in [1.807, 2.05) is 30.3 Å². The number of nitrogens with one attached hydrogen (secondary N) is 1. The fourth-order valence-electron chi connectivity index (χ4n) is 4.31. The van der Waals surface area contributed by atoms with Crippen molar-refractivity contribution in [2.45, 2.75) is 70.7 Å². The lowest BCUT2D eigenvalue weighted by molar-refractivity contribution is -0.145. The van der Waals surface area contributed by atoms with Gasteiger partial charge in [0.2, 0.25) is 7.37 Å². The summed E-state index contributed by atoms with van der Waals surface area (Å²) in [6.45, 7) is 1.73. The smallest absolute Gasteiger partial charge is 0.408 e. The third-order valence-electron chi connectivity index (χ3n) is 6.34. The van der Waals surface area contributed by atoms with E-state index in [2.05, 4.69) is 5.32 Å². The Kier molecular flexibility index (Phi) is 11.3. The summed E-state index contributed by atoms with van der Waals surface area (Å²) in [5.41, 5.74) is 0.856. The Morgan fingerprint density at radius 1 is 1.12 bits per heavy atom. The molecular weight excluding hydrogens is 429 g/mol. The number of hydrogen-bond donors (Lipinski definition) is 1. The highest BCUT2D eigenvalue weighted by Gasteiger charge is 2.37. The van der Waals surface area contributed by atoms with Gasteiger partial charge in [-0.05, 0) is 24.8 Å². The van der Waals surface area contributed by atoms with Crippen molar-refractivity contribution in [1.82, 2.24) is 5.32 Å². The molecule has 0 spiro atoms. The maximum Gasteiger partial charge on any atom is 0.408 e. The van der Waals surface area contributed by atoms with Crippen LogP contribution in [-0.2, 0) is 30.0 Å². The second-order valence-corrected chi connectivity index (χ2v) is 11.6. The molecule has 1 fully saturated rings. The van der Waals surface area contributed by atoms with Gasteiger partial charge in [0.1, 0.15) is 12.4 Å². The number of carbonyl (C=O) groups is 2. The lowest BCUT2D eigenvalue weighted by Gasteiger charge is -2.27. The first-order valence-electron chi connectivity index (χ1n) is 11.6. The van der Waals surface area contributed by atoms with E-state index in [4.69, 9.17) is 14.0 Å². The molecule has 1 aliphatic rings. The summed E-state index contributed by atoms with van der Waals surface area (Å²) in [6, 6.07) is 9.31. The van der Waals surface area contributed by atoms with Crippen molar-refractivity contribution in [3.63, 3.8) is 0 Å². The third-order valence-corrected chi connectivity index (χ3v) is 9.21. The number of carbonyl (C=O) groups excluding carboxylic acids is 2. The quantitative estimate of drug-likeness (QED) is 0.312. The molecule has 0 saturated heterocycles. The van der Waals surface area contributed by atoms with Crippen LogP contribution in [0.25, 0.3) is 0 Å². The van der Waals surface area contributed by atoms with E-state index in [0.29, 0.717) is 6.42 Å². The van der Waals surface area contributed by atoms with Gasteiger partial charge in [0.15, 0.2) is 0 Å². The summed E-state index contributed by atoms with van der Waals surface area (Å²) in [6.07, 6.45) is 8.31. The number of ether oxygens (including phenoxy) is 2. The number of amides is 1. The average Bonchev–Trinajstić information content (AvgIpc) is 2.82. The summed E-state index contributed by atoms with van der Waals surface area (Å²) in [4.78, 5) is 24.6. The summed E-state index contributed by atoms with van der Waals surface area (Å²) >= 11 is 0. The first kappa shape index (κ1) is 26.4. The zero-order valence-corrected chi connectivity index (χ0v) is 20.5. The van der Waals surface area contributed by atoms with E-state index in [1.54, 1.807) is 6.92 Å². The van der Waals surface area contributed by atoms with Crippen LogP contribution in [0.2, 0.25) is 0 Å². The third kappa shape index (κ3) is 8.59. The van der Waals surface area contributed by atoms with Crippen LogP contribution >= 0.6 is 7.37 Å². The van der Waals surface area contributed by atoms with Crippen LogP contribution < -0.4 is 5.32 Å². The lowest BCUT2D eigenvalue weighted by Crippen LogP contribution is -2.35. The van der Waals surface area contributed by atoms with Crippen LogP contribution in [0.3, 0.4) is 0 Å². The number of esters is 1. The highest BCUT2D eigenvalue weighted by atomic mass is 31.2. The molecular formula is C24H38NO6P. The Labute approximate surface area is 192 Å². The van der Waals surface area contributed by atoms with Crippen LogP contribution in [0.1, 0.15) is 63.9 Å². The standard InChI is InChI=1S/C24H38NO6P/c1-19(25-24(27)31-17-21-13-8-5-9-14-21)32(28,30-3)18-22(23(26)29-2)16-10-15-20-11-6-4-7-12-20/h5,8-9,13-14,19-20,22H,4,6-7,10-12,15-18H2,1-3H3,(H,25,27). The number of methoxy groups -OCH3 is 1. The van der Waals surface area contributed by atoms with Gasteiger partial charge in [-0.1, -0.05) is 75.3 Å². The molecule has 180 valence electrons. The van der Waals surface area contributed by atoms with Gasteiger partial charge in [0.25, 0.3) is 0 Å². The SMILES string of the molecule is COC(=O)C(CCCC1CCCCC1)CP(=O)(OC)C(C)NC(=O)OCc1ccccc1. The molecule has 1 saturated carbocycles. The molecule has 0 aromatic heterocycles. The summed E-state index contributed by atoms with van der Waals surface area (Å²) < 4.78 is 29.0. The minimum Gasteiger partial charge on any atom is -0.469 e. The molecule has 1 aliphatic carbocycles. The van der Waals surface area contributed by atoms with Gasteiger partial charge in [-0.3, -0.25) is 9.36 Å². The molecule has 1 aromatic rings. The first-order valence-corrected chi connectivity index (χ1v) is 13.5. The predicted molar refractivity (Wildman–Crippen MR) is 125 cm³/mol. The summed E-state index contributed by atoms with van der Waals surface area (Å²) in [5.74, 6) is -0.985. The summed E-state index contributed by atoms with van der Waals surface area (Å²) in [5, 5.41) is 2.61. The van der Waals surface area contributed by atoms with Gasteiger partial charge in [-0.25, -0.2) is 4.79 Å². The largest absolute Gasteiger partial charge is 0.469 e. The normalized spacial score (nSPS) is 18.2. The summed E-state index contributed by atoms with van der Waals surface area (Å²) in [7, 11) is -0.653. The zero-order valence-electron chi connectivity index (χ0n) is 19.6. The Hall–Kier alpha value is -1.85. The monoisotopic (exact) mass is 467 g/mol. The zero-order chi connectivity index (χ0) is 23.4. The first-order chi connectivity index (χ1) is 15.4. The predicted octanol–water partition coefficient (Wildman–Crippen LogP) is 5.72. The van der Waals surface area contributed by atoms with Gasteiger partial charge in [0.05, 0.1) is 13.0 Å². The van der Waals surface area contributed by atoms with Crippen molar-refractivity contribution in [1.29, 1.82) is 0 Å². The highest BCUT2D eigenvalue weighted by Crippen LogP contribution is 2.52. The van der Waals surface area contributed by atoms with E-state index >= 15 is 0 Å². The van der Waals surface area contributed by atoms with Crippen molar-refractivity contribution in [3.8, 4) is 0 Å². The molecule has 32 heavy (non-hydrogen) atoms. The number of rotatable bonds is 12. The topological polar surface area (TPSA) is 90.9 Å². The Bertz CT molecular complexity index is 750. The second kappa shape index (κ2) is 13.6. The molecule has 2 rings (SSSR count). The van der Waals surface area contributed by atoms with Gasteiger partial charge in [-0.2, -0.15) is 0 Å². The fourth-order valence-corrected chi connectivity index (χ4v) is 6.34. The molecule has 1 N–H and O–H groups in total. The van der Waals surface area contributed by atoms with Crippen molar-refractivity contribution in [3.05, 3.63) is 35.9 Å². The van der Waals surface area contributed by atoms with Gasteiger partial charge in [0, 0.05) is 13.3 Å². The molecule has 0 radical (unpaired) electrons. The minimum atomic E-state index is -3.35. The maximum absolute atomic E-state index is 13.5. The highest BCUT2D eigenvalue weighted by molar-refractivity contribution is 7.59. The van der Waals surface area contributed by atoms with Crippen LogP contribution in [-0.4, -0.2) is 38.2 Å². The maximum atomic E-state index is 13.5. The van der Waals surface area contributed by atoms with Gasteiger partial charge in [-0.15, -0.1) is 0 Å².